The molecule has 1 amide bonds. The molecule has 25 heavy (non-hydrogen) atoms. The van der Waals surface area contributed by atoms with Crippen molar-refractivity contribution < 1.29 is 19.0 Å². The number of methoxy groups -OCH3 is 3. The number of hydrogen-bond donors (Lipinski definition) is 1. The van der Waals surface area contributed by atoms with E-state index in [0.717, 1.165) is 10.7 Å². The van der Waals surface area contributed by atoms with Crippen LogP contribution in [0.4, 0.5) is 0 Å². The fourth-order valence-corrected chi connectivity index (χ4v) is 3.23. The molecule has 1 aromatic heterocycles. The first-order valence-electron chi connectivity index (χ1n) is 7.83. The Hall–Kier alpha value is -2.28. The third kappa shape index (κ3) is 4.22. The van der Waals surface area contributed by atoms with Gasteiger partial charge in [0.25, 0.3) is 5.91 Å². The first-order valence-corrected chi connectivity index (χ1v) is 8.71. The average Bonchev–Trinajstić information content (AvgIpc) is 3.07. The molecule has 2 aromatic rings. The summed E-state index contributed by atoms with van der Waals surface area (Å²) in [5, 5.41) is 5.76. The number of nitrogens with one attached hydrogen (secondary N) is 1. The maximum atomic E-state index is 12.6. The van der Waals surface area contributed by atoms with Crippen LogP contribution >= 0.6 is 11.3 Å². The van der Waals surface area contributed by atoms with Gasteiger partial charge in [0.05, 0.1) is 39.1 Å². The Balaban J connectivity index is 2.17. The molecule has 2 rings (SSSR count). The molecule has 0 saturated carbocycles. The molecule has 0 fully saturated rings. The van der Waals surface area contributed by atoms with E-state index in [4.69, 9.17) is 14.2 Å². The van der Waals surface area contributed by atoms with E-state index in [2.05, 4.69) is 31.1 Å². The number of rotatable bonds is 6. The van der Waals surface area contributed by atoms with Gasteiger partial charge in [-0.1, -0.05) is 20.8 Å². The van der Waals surface area contributed by atoms with Gasteiger partial charge in [-0.15, -0.1) is 11.3 Å². The van der Waals surface area contributed by atoms with Gasteiger partial charge in [0.15, 0.2) is 11.5 Å². The molecule has 0 aliphatic heterocycles. The zero-order valence-electron chi connectivity index (χ0n) is 15.4. The Morgan fingerprint density at radius 1 is 1.12 bits per heavy atom. The van der Waals surface area contributed by atoms with Crippen molar-refractivity contribution in [2.75, 3.05) is 21.3 Å². The molecule has 1 N–H and O–H groups in total. The number of nitrogens with zero attached hydrogens (tertiary/aromatic N) is 1. The van der Waals surface area contributed by atoms with Crippen LogP contribution in [0.15, 0.2) is 17.5 Å². The lowest BCUT2D eigenvalue weighted by Gasteiger charge is -2.15. The van der Waals surface area contributed by atoms with Crippen molar-refractivity contribution in [3.05, 3.63) is 33.8 Å². The highest BCUT2D eigenvalue weighted by Gasteiger charge is 2.21. The molecule has 7 heteroatoms. The van der Waals surface area contributed by atoms with Crippen LogP contribution in [0.2, 0.25) is 0 Å². The van der Waals surface area contributed by atoms with E-state index in [-0.39, 0.29) is 11.3 Å². The number of carbonyl (C=O) groups is 1. The lowest BCUT2D eigenvalue weighted by atomic mass is 9.93. The fourth-order valence-electron chi connectivity index (χ4n) is 2.27. The number of amides is 1. The molecule has 1 heterocycles. The second-order valence-electron chi connectivity index (χ2n) is 6.44. The highest BCUT2D eigenvalue weighted by atomic mass is 32.1. The normalized spacial score (nSPS) is 11.1. The van der Waals surface area contributed by atoms with Crippen molar-refractivity contribution in [3.8, 4) is 17.2 Å². The van der Waals surface area contributed by atoms with Crippen molar-refractivity contribution in [2.24, 2.45) is 0 Å². The molecule has 0 atom stereocenters. The summed E-state index contributed by atoms with van der Waals surface area (Å²) in [7, 11) is 4.53. The number of carbonyl (C=O) groups excluding carboxylic acids is 1. The molecular weight excluding hydrogens is 340 g/mol. The number of hydrogen-bond acceptors (Lipinski definition) is 6. The van der Waals surface area contributed by atoms with Gasteiger partial charge < -0.3 is 19.5 Å². The minimum absolute atomic E-state index is 0.00860. The molecule has 0 bridgehead atoms. The van der Waals surface area contributed by atoms with Gasteiger partial charge in [0.1, 0.15) is 5.01 Å². The van der Waals surface area contributed by atoms with Gasteiger partial charge in [0.2, 0.25) is 5.75 Å². The van der Waals surface area contributed by atoms with Gasteiger partial charge in [-0.3, -0.25) is 4.79 Å². The highest BCUT2D eigenvalue weighted by Crippen LogP contribution is 2.39. The van der Waals surface area contributed by atoms with Crippen LogP contribution < -0.4 is 19.5 Å². The summed E-state index contributed by atoms with van der Waals surface area (Å²) in [4.78, 5) is 17.1. The summed E-state index contributed by atoms with van der Waals surface area (Å²) >= 11 is 1.54. The van der Waals surface area contributed by atoms with Crippen LogP contribution in [0.3, 0.4) is 0 Å². The van der Waals surface area contributed by atoms with E-state index < -0.39 is 0 Å². The van der Waals surface area contributed by atoms with Crippen molar-refractivity contribution in [2.45, 2.75) is 32.7 Å². The predicted octanol–water partition coefficient (Wildman–Crippen LogP) is 3.40. The van der Waals surface area contributed by atoms with Crippen LogP contribution in [0.25, 0.3) is 0 Å². The monoisotopic (exact) mass is 364 g/mol. The summed E-state index contributed by atoms with van der Waals surface area (Å²) in [6, 6.07) is 3.33. The van der Waals surface area contributed by atoms with Crippen LogP contribution in [-0.2, 0) is 12.0 Å². The van der Waals surface area contributed by atoms with Gasteiger partial charge in [-0.25, -0.2) is 4.98 Å². The molecule has 0 aliphatic rings. The molecule has 0 unspecified atom stereocenters. The Bertz CT molecular complexity index is 750. The van der Waals surface area contributed by atoms with Crippen molar-refractivity contribution in [1.29, 1.82) is 0 Å². The molecule has 0 spiro atoms. The number of ether oxygens (including phenoxy) is 3. The zero-order chi connectivity index (χ0) is 18.6. The van der Waals surface area contributed by atoms with Gasteiger partial charge in [0, 0.05) is 10.8 Å². The fraction of sp³-hybridized carbons (Fsp3) is 0.444. The highest BCUT2D eigenvalue weighted by molar-refractivity contribution is 7.09. The van der Waals surface area contributed by atoms with Crippen molar-refractivity contribution in [3.63, 3.8) is 0 Å². The molecule has 1 aromatic carbocycles. The Kier molecular flexibility index (Phi) is 5.89. The maximum Gasteiger partial charge on any atom is 0.255 e. The SMILES string of the molecule is COc1ccc(C(=O)NCc2nc(C(C)(C)C)cs2)c(OC)c1OC. The Labute approximate surface area is 152 Å². The van der Waals surface area contributed by atoms with E-state index in [1.54, 1.807) is 12.1 Å². The number of aromatic nitrogens is 1. The summed E-state index contributed by atoms with van der Waals surface area (Å²) < 4.78 is 15.9. The summed E-state index contributed by atoms with van der Waals surface area (Å²) in [6.45, 7) is 6.69. The smallest absolute Gasteiger partial charge is 0.255 e. The van der Waals surface area contributed by atoms with Crippen molar-refractivity contribution >= 4 is 17.2 Å². The number of benzene rings is 1. The zero-order valence-corrected chi connectivity index (χ0v) is 16.2. The quantitative estimate of drug-likeness (QED) is 0.851. The van der Waals surface area contributed by atoms with E-state index in [0.29, 0.717) is 29.4 Å². The molecule has 136 valence electrons. The molecular formula is C18H24N2O4S. The van der Waals surface area contributed by atoms with E-state index >= 15 is 0 Å². The largest absolute Gasteiger partial charge is 0.493 e. The Morgan fingerprint density at radius 2 is 1.80 bits per heavy atom. The summed E-state index contributed by atoms with van der Waals surface area (Å²) in [5.74, 6) is 0.978. The van der Waals surface area contributed by atoms with Crippen LogP contribution in [0.5, 0.6) is 17.2 Å². The van der Waals surface area contributed by atoms with Crippen LogP contribution in [0, 0.1) is 0 Å². The van der Waals surface area contributed by atoms with Gasteiger partial charge in [-0.05, 0) is 12.1 Å². The van der Waals surface area contributed by atoms with E-state index in [9.17, 15) is 4.79 Å². The average molecular weight is 364 g/mol. The molecule has 0 aliphatic carbocycles. The topological polar surface area (TPSA) is 69.7 Å². The molecule has 6 nitrogen and oxygen atoms in total. The summed E-state index contributed by atoms with van der Waals surface area (Å²) in [5.41, 5.74) is 1.39. The first-order chi connectivity index (χ1) is 11.8. The summed E-state index contributed by atoms with van der Waals surface area (Å²) in [6.07, 6.45) is 0. The lowest BCUT2D eigenvalue weighted by Crippen LogP contribution is -2.23. The van der Waals surface area contributed by atoms with Crippen molar-refractivity contribution in [1.82, 2.24) is 10.3 Å². The van der Waals surface area contributed by atoms with Crippen LogP contribution in [0.1, 0.15) is 41.8 Å². The number of thiazole rings is 1. The van der Waals surface area contributed by atoms with Gasteiger partial charge >= 0.3 is 0 Å². The minimum atomic E-state index is -0.259. The predicted molar refractivity (Wildman–Crippen MR) is 98.1 cm³/mol. The second-order valence-corrected chi connectivity index (χ2v) is 7.38. The third-order valence-corrected chi connectivity index (χ3v) is 4.52. The molecule has 0 radical (unpaired) electrons. The standard InChI is InChI=1S/C18H24N2O4S/c1-18(2,3)13-10-25-14(20-13)9-19-17(21)11-7-8-12(22-4)16(24-6)15(11)23-5/h7-8,10H,9H2,1-6H3,(H,19,21). The minimum Gasteiger partial charge on any atom is -0.493 e. The van der Waals surface area contributed by atoms with E-state index in [1.165, 1.54) is 32.7 Å². The first kappa shape index (κ1) is 19.1. The van der Waals surface area contributed by atoms with E-state index in [1.807, 2.05) is 5.38 Å². The van der Waals surface area contributed by atoms with Crippen LogP contribution in [-0.4, -0.2) is 32.2 Å². The van der Waals surface area contributed by atoms with Gasteiger partial charge in [-0.2, -0.15) is 0 Å². The maximum absolute atomic E-state index is 12.6. The molecule has 0 saturated heterocycles. The Morgan fingerprint density at radius 3 is 2.32 bits per heavy atom. The lowest BCUT2D eigenvalue weighted by molar-refractivity contribution is 0.0947. The second kappa shape index (κ2) is 7.74. The third-order valence-electron chi connectivity index (χ3n) is 3.67.